The Kier molecular flexibility index (Phi) is 4.28. The van der Waals surface area contributed by atoms with Gasteiger partial charge in [-0.2, -0.15) is 0 Å². The molecule has 2 rings (SSSR count). The van der Waals surface area contributed by atoms with Crippen molar-refractivity contribution < 1.29 is 9.90 Å². The van der Waals surface area contributed by atoms with E-state index in [-0.39, 0.29) is 11.7 Å². The summed E-state index contributed by atoms with van der Waals surface area (Å²) in [5, 5.41) is 11.3. The Hall–Kier alpha value is -1.73. The van der Waals surface area contributed by atoms with Crippen molar-refractivity contribution in [3.8, 4) is 0 Å². The molecular formula is C12H16N4O2S. The molecule has 0 spiro atoms. The summed E-state index contributed by atoms with van der Waals surface area (Å²) in [5.41, 5.74) is 1.02. The summed E-state index contributed by atoms with van der Waals surface area (Å²) in [5.74, 6) is -0.995. The molecule has 0 amide bonds. The Morgan fingerprint density at radius 3 is 2.74 bits per heavy atom. The summed E-state index contributed by atoms with van der Waals surface area (Å²) in [4.78, 5) is 24.5. The van der Waals surface area contributed by atoms with Gasteiger partial charge in [-0.1, -0.05) is 13.8 Å². The molecule has 0 aliphatic rings. The van der Waals surface area contributed by atoms with E-state index in [0.29, 0.717) is 0 Å². The lowest BCUT2D eigenvalue weighted by Gasteiger charge is -2.26. The van der Waals surface area contributed by atoms with Crippen molar-refractivity contribution in [2.45, 2.75) is 19.9 Å². The minimum absolute atomic E-state index is 0.0735. The highest BCUT2D eigenvalue weighted by Crippen LogP contribution is 2.29. The highest BCUT2D eigenvalue weighted by molar-refractivity contribution is 7.09. The normalized spacial score (nSPS) is 12.8. The first-order chi connectivity index (χ1) is 9.17. The summed E-state index contributed by atoms with van der Waals surface area (Å²) < 4.78 is 0. The van der Waals surface area contributed by atoms with Gasteiger partial charge in [-0.3, -0.25) is 4.90 Å². The number of rotatable bonds is 6. The first-order valence-electron chi connectivity index (χ1n) is 6.08. The maximum absolute atomic E-state index is 10.9. The van der Waals surface area contributed by atoms with Crippen LogP contribution in [0, 0.1) is 0 Å². The van der Waals surface area contributed by atoms with E-state index in [1.54, 1.807) is 17.9 Å². The molecule has 0 radical (unpaired) electrons. The Bertz CT molecular complexity index is 534. The van der Waals surface area contributed by atoms with Crippen LogP contribution in [-0.2, 0) is 0 Å². The molecule has 6 nitrogen and oxygen atoms in total. The van der Waals surface area contributed by atoms with Gasteiger partial charge in [0, 0.05) is 11.6 Å². The van der Waals surface area contributed by atoms with Gasteiger partial charge in [0.2, 0.25) is 0 Å². The minimum Gasteiger partial charge on any atom is -0.476 e. The van der Waals surface area contributed by atoms with Gasteiger partial charge in [-0.15, -0.1) is 11.3 Å². The molecule has 102 valence electrons. The van der Waals surface area contributed by atoms with Crippen molar-refractivity contribution in [2.75, 3.05) is 13.1 Å². The second-order valence-corrected chi connectivity index (χ2v) is 4.90. The molecule has 2 aromatic heterocycles. The van der Waals surface area contributed by atoms with Crippen LogP contribution >= 0.6 is 11.3 Å². The lowest BCUT2D eigenvalue weighted by atomic mass is 10.2. The first-order valence-corrected chi connectivity index (χ1v) is 6.96. The van der Waals surface area contributed by atoms with Crippen LogP contribution in [-0.4, -0.2) is 44.0 Å². The fraction of sp³-hybridized carbons (Fsp3) is 0.417. The van der Waals surface area contributed by atoms with Gasteiger partial charge in [-0.05, 0) is 13.1 Å². The van der Waals surface area contributed by atoms with Crippen molar-refractivity contribution in [1.82, 2.24) is 19.9 Å². The van der Waals surface area contributed by atoms with Crippen molar-refractivity contribution >= 4 is 17.3 Å². The molecule has 2 aromatic rings. The number of H-pyrrole nitrogens is 1. The molecule has 0 aromatic carbocycles. The van der Waals surface area contributed by atoms with Crippen molar-refractivity contribution in [3.05, 3.63) is 34.3 Å². The number of hydrogen-bond donors (Lipinski definition) is 2. The van der Waals surface area contributed by atoms with Gasteiger partial charge in [-0.25, -0.2) is 14.8 Å². The van der Waals surface area contributed by atoms with Gasteiger partial charge < -0.3 is 10.1 Å². The van der Waals surface area contributed by atoms with Gasteiger partial charge in [0.05, 0.1) is 12.0 Å². The van der Waals surface area contributed by atoms with E-state index >= 15 is 0 Å². The molecule has 0 fully saturated rings. The largest absolute Gasteiger partial charge is 0.476 e. The fourth-order valence-corrected chi connectivity index (χ4v) is 2.94. The molecule has 2 heterocycles. The third-order valence-corrected chi connectivity index (χ3v) is 3.86. The average molecular weight is 280 g/mol. The molecule has 1 atom stereocenters. The number of carboxylic acid groups (broad SMARTS) is 1. The number of hydrogen-bond acceptors (Lipinski definition) is 5. The summed E-state index contributed by atoms with van der Waals surface area (Å²) in [7, 11) is 0. The number of aromatic carboxylic acids is 1. The molecule has 0 aliphatic heterocycles. The van der Waals surface area contributed by atoms with Gasteiger partial charge in [0.25, 0.3) is 0 Å². The highest BCUT2D eigenvalue weighted by Gasteiger charge is 2.25. The molecule has 0 aliphatic carbocycles. The number of carboxylic acids is 1. The minimum atomic E-state index is -0.995. The summed E-state index contributed by atoms with van der Waals surface area (Å²) >= 11 is 1.36. The van der Waals surface area contributed by atoms with Crippen molar-refractivity contribution in [1.29, 1.82) is 0 Å². The number of imidazole rings is 1. The zero-order valence-corrected chi connectivity index (χ0v) is 11.6. The standard InChI is InChI=1S/C12H16N4O2S/c1-3-16(4-2)10(8-5-13-7-14-8)11-15-9(6-19-11)12(17)18/h5-7,10H,3-4H2,1-2H3,(H,13,14)(H,17,18). The van der Waals surface area contributed by atoms with Crippen LogP contribution in [0.1, 0.15) is 41.1 Å². The summed E-state index contributed by atoms with van der Waals surface area (Å²) in [6.45, 7) is 5.83. The van der Waals surface area contributed by atoms with Crippen LogP contribution < -0.4 is 0 Å². The second-order valence-electron chi connectivity index (χ2n) is 4.01. The van der Waals surface area contributed by atoms with Crippen LogP contribution in [0.4, 0.5) is 0 Å². The lowest BCUT2D eigenvalue weighted by molar-refractivity contribution is 0.0691. The predicted octanol–water partition coefficient (Wildman–Crippen LogP) is 2.00. The fourth-order valence-electron chi connectivity index (χ4n) is 2.00. The van der Waals surface area contributed by atoms with Crippen LogP contribution in [0.5, 0.6) is 0 Å². The van der Waals surface area contributed by atoms with E-state index < -0.39 is 5.97 Å². The van der Waals surface area contributed by atoms with E-state index in [4.69, 9.17) is 5.11 Å². The highest BCUT2D eigenvalue weighted by atomic mass is 32.1. The lowest BCUT2D eigenvalue weighted by Crippen LogP contribution is -2.29. The number of carbonyl (C=O) groups is 1. The molecule has 2 N–H and O–H groups in total. The third-order valence-electron chi connectivity index (χ3n) is 2.97. The van der Waals surface area contributed by atoms with Gasteiger partial charge in [0.15, 0.2) is 5.69 Å². The molecule has 0 saturated carbocycles. The SMILES string of the molecule is CCN(CC)C(c1cnc[nH]1)c1nc(C(=O)O)cs1. The molecular weight excluding hydrogens is 264 g/mol. The number of aromatic nitrogens is 3. The zero-order chi connectivity index (χ0) is 13.8. The topological polar surface area (TPSA) is 82.1 Å². The molecule has 19 heavy (non-hydrogen) atoms. The van der Waals surface area contributed by atoms with Crippen LogP contribution in [0.2, 0.25) is 0 Å². The first kappa shape index (κ1) is 13.7. The number of aromatic amines is 1. The number of nitrogens with one attached hydrogen (secondary N) is 1. The summed E-state index contributed by atoms with van der Waals surface area (Å²) in [6.07, 6.45) is 3.38. The van der Waals surface area contributed by atoms with Gasteiger partial charge >= 0.3 is 5.97 Å². The van der Waals surface area contributed by atoms with E-state index in [2.05, 4.69) is 33.7 Å². The van der Waals surface area contributed by atoms with E-state index in [0.717, 1.165) is 23.8 Å². The van der Waals surface area contributed by atoms with E-state index in [9.17, 15) is 4.79 Å². The monoisotopic (exact) mass is 280 g/mol. The van der Waals surface area contributed by atoms with Gasteiger partial charge in [0.1, 0.15) is 11.0 Å². The molecule has 0 bridgehead atoms. The quantitative estimate of drug-likeness (QED) is 0.845. The Morgan fingerprint density at radius 2 is 2.26 bits per heavy atom. The molecule has 1 unspecified atom stereocenters. The maximum Gasteiger partial charge on any atom is 0.355 e. The second kappa shape index (κ2) is 5.94. The third kappa shape index (κ3) is 2.82. The average Bonchev–Trinajstić information content (AvgIpc) is 3.07. The number of thiazole rings is 1. The Morgan fingerprint density at radius 1 is 1.53 bits per heavy atom. The van der Waals surface area contributed by atoms with Crippen LogP contribution in [0.3, 0.4) is 0 Å². The van der Waals surface area contributed by atoms with Crippen molar-refractivity contribution in [3.63, 3.8) is 0 Å². The Labute approximate surface area is 115 Å². The smallest absolute Gasteiger partial charge is 0.355 e. The van der Waals surface area contributed by atoms with Crippen molar-refractivity contribution in [2.24, 2.45) is 0 Å². The maximum atomic E-state index is 10.9. The number of nitrogens with zero attached hydrogens (tertiary/aromatic N) is 3. The van der Waals surface area contributed by atoms with E-state index in [1.807, 2.05) is 0 Å². The van der Waals surface area contributed by atoms with E-state index in [1.165, 1.54) is 11.3 Å². The Balaban J connectivity index is 2.39. The van der Waals surface area contributed by atoms with Crippen LogP contribution in [0.25, 0.3) is 0 Å². The molecule has 7 heteroatoms. The van der Waals surface area contributed by atoms with Crippen LogP contribution in [0.15, 0.2) is 17.9 Å². The zero-order valence-electron chi connectivity index (χ0n) is 10.8. The predicted molar refractivity (Wildman–Crippen MR) is 72.4 cm³/mol. The molecule has 0 saturated heterocycles. The summed E-state index contributed by atoms with van der Waals surface area (Å²) in [6, 6.07) is -0.0735.